The summed E-state index contributed by atoms with van der Waals surface area (Å²) >= 11 is 0. The first kappa shape index (κ1) is 32.5. The summed E-state index contributed by atoms with van der Waals surface area (Å²) in [6, 6.07) is 13.8. The van der Waals surface area contributed by atoms with E-state index < -0.39 is 21.8 Å². The molecule has 0 radical (unpaired) electrons. The summed E-state index contributed by atoms with van der Waals surface area (Å²) < 4.78 is 88.6. The van der Waals surface area contributed by atoms with E-state index in [1.165, 1.54) is 25.3 Å². The number of nitrogens with one attached hydrogen (secondary N) is 1. The molecule has 2 heterocycles. The Labute approximate surface area is 259 Å². The molecule has 1 fully saturated rings. The Balaban J connectivity index is 1.41. The van der Waals surface area contributed by atoms with E-state index in [0.717, 1.165) is 17.9 Å². The number of methoxy groups -OCH3 is 1. The van der Waals surface area contributed by atoms with Gasteiger partial charge in [0.05, 0.1) is 43.9 Å². The number of carbonyl (C=O) groups excluding carboxylic acids is 1. The zero-order chi connectivity index (χ0) is 32.2. The van der Waals surface area contributed by atoms with Crippen LogP contribution in [0.5, 0.6) is 5.75 Å². The number of nitrogens with zero attached hydrogens (tertiary/aromatic N) is 2. The molecular weight excluding hydrogens is 615 g/mol. The third kappa shape index (κ3) is 7.87. The highest BCUT2D eigenvalue weighted by molar-refractivity contribution is 7.92. The number of amides is 1. The van der Waals surface area contributed by atoms with Gasteiger partial charge in [-0.1, -0.05) is 18.2 Å². The second kappa shape index (κ2) is 13.6. The first-order valence-electron chi connectivity index (χ1n) is 14.2. The van der Waals surface area contributed by atoms with Crippen LogP contribution in [-0.2, 0) is 36.8 Å². The Morgan fingerprint density at radius 1 is 0.956 bits per heavy atom. The number of morpholine rings is 1. The Morgan fingerprint density at radius 3 is 2.42 bits per heavy atom. The van der Waals surface area contributed by atoms with E-state index in [9.17, 15) is 26.4 Å². The minimum atomic E-state index is -4.48. The zero-order valence-corrected chi connectivity index (χ0v) is 25.7. The fourth-order valence-electron chi connectivity index (χ4n) is 5.32. The van der Waals surface area contributed by atoms with Gasteiger partial charge < -0.3 is 28.7 Å². The number of sulfonamides is 1. The third-order valence-electron chi connectivity index (χ3n) is 7.47. The van der Waals surface area contributed by atoms with E-state index in [4.69, 9.17) is 18.9 Å². The number of carbonyl (C=O) groups is 1. The van der Waals surface area contributed by atoms with E-state index >= 15 is 0 Å². The van der Waals surface area contributed by atoms with Gasteiger partial charge in [-0.25, -0.2) is 8.42 Å². The molecule has 3 aromatic carbocycles. The van der Waals surface area contributed by atoms with Crippen LogP contribution >= 0.6 is 0 Å². The SMILES string of the molecule is COCCOCOc1ccc(N2CCc3cc(-c4ccc(C(F)(F)F)cc4N4CCOCC4)ccc3C2=O)cc1NS(C)(=O)=O. The summed E-state index contributed by atoms with van der Waals surface area (Å²) in [6.07, 6.45) is -2.99. The van der Waals surface area contributed by atoms with Gasteiger partial charge in [0.25, 0.3) is 5.91 Å². The van der Waals surface area contributed by atoms with Gasteiger partial charge in [0.2, 0.25) is 10.0 Å². The van der Waals surface area contributed by atoms with E-state index in [2.05, 4.69) is 4.72 Å². The highest BCUT2D eigenvalue weighted by Crippen LogP contribution is 2.39. The van der Waals surface area contributed by atoms with Crippen molar-refractivity contribution in [2.24, 2.45) is 0 Å². The van der Waals surface area contributed by atoms with Crippen molar-refractivity contribution in [3.8, 4) is 16.9 Å². The van der Waals surface area contributed by atoms with Crippen LogP contribution in [0.25, 0.3) is 11.1 Å². The van der Waals surface area contributed by atoms with Gasteiger partial charge in [0, 0.05) is 49.2 Å². The van der Waals surface area contributed by atoms with Crippen molar-refractivity contribution in [1.82, 2.24) is 0 Å². The highest BCUT2D eigenvalue weighted by atomic mass is 32.2. The number of alkyl halides is 3. The fourth-order valence-corrected chi connectivity index (χ4v) is 5.88. The molecular formula is C31H34F3N3O7S. The average molecular weight is 650 g/mol. The lowest BCUT2D eigenvalue weighted by Crippen LogP contribution is -2.37. The molecule has 14 heteroatoms. The number of fused-ring (bicyclic) bond motifs is 1. The van der Waals surface area contributed by atoms with Crippen molar-refractivity contribution in [2.75, 3.05) is 80.7 Å². The lowest BCUT2D eigenvalue weighted by Gasteiger charge is -2.32. The Kier molecular flexibility index (Phi) is 9.87. The molecule has 3 aromatic rings. The van der Waals surface area contributed by atoms with Gasteiger partial charge in [-0.05, 0) is 53.9 Å². The van der Waals surface area contributed by atoms with Gasteiger partial charge in [-0.15, -0.1) is 0 Å². The predicted molar refractivity (Wildman–Crippen MR) is 164 cm³/mol. The molecule has 0 spiro atoms. The molecule has 2 aliphatic rings. The molecule has 1 amide bonds. The Hall–Kier alpha value is -3.85. The van der Waals surface area contributed by atoms with Gasteiger partial charge in [0.1, 0.15) is 5.75 Å². The first-order chi connectivity index (χ1) is 21.4. The summed E-state index contributed by atoms with van der Waals surface area (Å²) in [5, 5.41) is 0. The number of hydrogen-bond donors (Lipinski definition) is 1. The quantitative estimate of drug-likeness (QED) is 0.234. The average Bonchev–Trinajstić information content (AvgIpc) is 3.00. The third-order valence-corrected chi connectivity index (χ3v) is 8.06. The predicted octanol–water partition coefficient (Wildman–Crippen LogP) is 4.78. The number of halogens is 3. The van der Waals surface area contributed by atoms with E-state index in [1.54, 1.807) is 29.2 Å². The molecule has 0 atom stereocenters. The summed E-state index contributed by atoms with van der Waals surface area (Å²) in [4.78, 5) is 17.1. The molecule has 0 aliphatic carbocycles. The maximum Gasteiger partial charge on any atom is 0.416 e. The summed E-state index contributed by atoms with van der Waals surface area (Å²) in [7, 11) is -2.13. The van der Waals surface area contributed by atoms with Crippen LogP contribution in [0.2, 0.25) is 0 Å². The minimum Gasteiger partial charge on any atom is -0.465 e. The monoisotopic (exact) mass is 649 g/mol. The lowest BCUT2D eigenvalue weighted by molar-refractivity contribution is -0.137. The standard InChI is InChI=1S/C31H34F3N3O7S/c1-41-15-16-43-20-44-29-8-5-24(19-27(29)35-45(2,39)40)37-10-9-22-17-21(3-6-26(22)30(37)38)25-7-4-23(31(32,33)34)18-28(25)36-11-13-42-14-12-36/h3-8,17-19,35H,9-16,20H2,1-2H3. The topological polar surface area (TPSA) is 107 Å². The molecule has 5 rings (SSSR count). The van der Waals surface area contributed by atoms with Crippen LogP contribution in [0.15, 0.2) is 54.6 Å². The van der Waals surface area contributed by atoms with Crippen LogP contribution in [0.3, 0.4) is 0 Å². The number of hydrogen-bond acceptors (Lipinski definition) is 8. The molecule has 242 valence electrons. The van der Waals surface area contributed by atoms with Crippen molar-refractivity contribution in [3.05, 3.63) is 71.3 Å². The molecule has 45 heavy (non-hydrogen) atoms. The minimum absolute atomic E-state index is 0.133. The number of rotatable bonds is 11. The van der Waals surface area contributed by atoms with Crippen LogP contribution in [0, 0.1) is 0 Å². The van der Waals surface area contributed by atoms with Crippen LogP contribution in [-0.4, -0.2) is 80.5 Å². The second-order valence-electron chi connectivity index (χ2n) is 10.6. The van der Waals surface area contributed by atoms with Crippen molar-refractivity contribution < 1.29 is 45.3 Å². The highest BCUT2D eigenvalue weighted by Gasteiger charge is 2.32. The molecule has 2 aliphatic heterocycles. The summed E-state index contributed by atoms with van der Waals surface area (Å²) in [5.74, 6) is -0.0609. The number of benzene rings is 3. The molecule has 10 nitrogen and oxygen atoms in total. The number of ether oxygens (including phenoxy) is 4. The number of anilines is 3. The van der Waals surface area contributed by atoms with Crippen molar-refractivity contribution in [2.45, 2.75) is 12.6 Å². The summed E-state index contributed by atoms with van der Waals surface area (Å²) in [6.45, 7) is 2.60. The van der Waals surface area contributed by atoms with Gasteiger partial charge >= 0.3 is 6.18 Å². The first-order valence-corrected chi connectivity index (χ1v) is 16.1. The van der Waals surface area contributed by atoms with Crippen molar-refractivity contribution >= 4 is 33.0 Å². The van der Waals surface area contributed by atoms with Gasteiger partial charge in [0.15, 0.2) is 6.79 Å². The molecule has 0 bridgehead atoms. The molecule has 0 unspecified atom stereocenters. The molecule has 1 saturated heterocycles. The van der Waals surface area contributed by atoms with Crippen molar-refractivity contribution in [3.63, 3.8) is 0 Å². The van der Waals surface area contributed by atoms with Crippen LogP contribution in [0.4, 0.5) is 30.2 Å². The smallest absolute Gasteiger partial charge is 0.416 e. The lowest BCUT2D eigenvalue weighted by atomic mass is 9.92. The molecule has 0 aromatic heterocycles. The van der Waals surface area contributed by atoms with E-state index in [-0.39, 0.29) is 24.1 Å². The largest absolute Gasteiger partial charge is 0.465 e. The molecule has 1 N–H and O–H groups in total. The summed E-state index contributed by atoms with van der Waals surface area (Å²) in [5.41, 5.74) is 2.92. The normalized spacial score (nSPS) is 15.6. The van der Waals surface area contributed by atoms with Crippen LogP contribution < -0.4 is 19.3 Å². The van der Waals surface area contributed by atoms with Gasteiger partial charge in [-0.3, -0.25) is 9.52 Å². The molecule has 0 saturated carbocycles. The van der Waals surface area contributed by atoms with Crippen LogP contribution in [0.1, 0.15) is 21.5 Å². The second-order valence-corrected chi connectivity index (χ2v) is 12.4. The fraction of sp³-hybridized carbons (Fsp3) is 0.387. The Morgan fingerprint density at radius 2 is 1.71 bits per heavy atom. The van der Waals surface area contributed by atoms with Gasteiger partial charge in [-0.2, -0.15) is 13.2 Å². The maximum absolute atomic E-state index is 13.7. The van der Waals surface area contributed by atoms with E-state index in [1.807, 2.05) is 11.0 Å². The zero-order valence-electron chi connectivity index (χ0n) is 24.9. The van der Waals surface area contributed by atoms with Crippen molar-refractivity contribution in [1.29, 1.82) is 0 Å². The van der Waals surface area contributed by atoms with E-state index in [0.29, 0.717) is 80.5 Å². The Bertz CT molecular complexity index is 1640. The maximum atomic E-state index is 13.7.